The topological polar surface area (TPSA) is 88.3 Å². The molecule has 0 bridgehead atoms. The highest BCUT2D eigenvalue weighted by Gasteiger charge is 2.13. The normalized spacial score (nSPS) is 11.1. The summed E-state index contributed by atoms with van der Waals surface area (Å²) >= 11 is 1.43. The standard InChI is InChI=1S/C15H15N3O3S/c1-9-14(15(19)20)18-13(22-9)4-6-16-8-10-7-11-12(21-10)3-2-5-17-11/h2-3,5,7,16H,4,6,8H2,1H3,(H,19,20). The molecule has 114 valence electrons. The van der Waals surface area contributed by atoms with Gasteiger partial charge in [0, 0.05) is 30.1 Å². The molecule has 3 rings (SSSR count). The van der Waals surface area contributed by atoms with Crippen LogP contribution in [0.1, 0.15) is 26.1 Å². The van der Waals surface area contributed by atoms with Crippen molar-refractivity contribution >= 4 is 28.4 Å². The Morgan fingerprint density at radius 2 is 2.36 bits per heavy atom. The van der Waals surface area contributed by atoms with Gasteiger partial charge in [-0.05, 0) is 19.1 Å². The number of carbonyl (C=O) groups is 1. The number of nitrogens with zero attached hydrogens (tertiary/aromatic N) is 2. The fourth-order valence-corrected chi connectivity index (χ4v) is 3.10. The predicted octanol–water partition coefficient (Wildman–Crippen LogP) is 2.62. The Bertz CT molecular complexity index is 776. The molecule has 0 unspecified atom stereocenters. The van der Waals surface area contributed by atoms with E-state index in [1.54, 1.807) is 13.1 Å². The average molecular weight is 317 g/mol. The third kappa shape index (κ3) is 3.15. The van der Waals surface area contributed by atoms with Gasteiger partial charge >= 0.3 is 5.97 Å². The number of carboxylic acids is 1. The van der Waals surface area contributed by atoms with Gasteiger partial charge in [-0.2, -0.15) is 0 Å². The van der Waals surface area contributed by atoms with Crippen LogP contribution in [-0.2, 0) is 13.0 Å². The molecule has 2 N–H and O–H groups in total. The Morgan fingerprint density at radius 3 is 3.09 bits per heavy atom. The first kappa shape index (κ1) is 14.7. The molecule has 0 atom stereocenters. The minimum Gasteiger partial charge on any atom is -0.476 e. The minimum atomic E-state index is -0.970. The van der Waals surface area contributed by atoms with Crippen molar-refractivity contribution in [3.05, 3.63) is 45.7 Å². The molecular weight excluding hydrogens is 302 g/mol. The molecule has 0 fully saturated rings. The Hall–Kier alpha value is -2.25. The van der Waals surface area contributed by atoms with Gasteiger partial charge in [0.1, 0.15) is 11.3 Å². The molecule has 3 aromatic heterocycles. The Morgan fingerprint density at radius 1 is 1.50 bits per heavy atom. The number of aromatic carboxylic acids is 1. The van der Waals surface area contributed by atoms with E-state index >= 15 is 0 Å². The van der Waals surface area contributed by atoms with Gasteiger partial charge in [0.2, 0.25) is 0 Å². The van der Waals surface area contributed by atoms with Crippen LogP contribution in [0.25, 0.3) is 11.1 Å². The highest BCUT2D eigenvalue weighted by Crippen LogP contribution is 2.18. The molecule has 0 aliphatic carbocycles. The van der Waals surface area contributed by atoms with Gasteiger partial charge in [-0.15, -0.1) is 11.3 Å². The van der Waals surface area contributed by atoms with Gasteiger partial charge in [0.15, 0.2) is 11.3 Å². The monoisotopic (exact) mass is 317 g/mol. The van der Waals surface area contributed by atoms with Crippen molar-refractivity contribution in [1.82, 2.24) is 15.3 Å². The number of pyridine rings is 1. The number of hydrogen-bond donors (Lipinski definition) is 2. The van der Waals surface area contributed by atoms with E-state index in [-0.39, 0.29) is 5.69 Å². The van der Waals surface area contributed by atoms with Gasteiger partial charge in [0.25, 0.3) is 0 Å². The molecule has 0 spiro atoms. The number of carboxylic acid groups (broad SMARTS) is 1. The first-order chi connectivity index (χ1) is 10.6. The second-order valence-electron chi connectivity index (χ2n) is 4.84. The van der Waals surface area contributed by atoms with Crippen molar-refractivity contribution in [2.75, 3.05) is 6.54 Å². The summed E-state index contributed by atoms with van der Waals surface area (Å²) in [6, 6.07) is 5.64. The molecule has 22 heavy (non-hydrogen) atoms. The van der Waals surface area contributed by atoms with E-state index in [4.69, 9.17) is 9.52 Å². The second kappa shape index (κ2) is 6.25. The quantitative estimate of drug-likeness (QED) is 0.679. The number of nitrogens with one attached hydrogen (secondary N) is 1. The first-order valence-electron chi connectivity index (χ1n) is 6.87. The largest absolute Gasteiger partial charge is 0.476 e. The van der Waals surface area contributed by atoms with Crippen LogP contribution >= 0.6 is 11.3 Å². The summed E-state index contributed by atoms with van der Waals surface area (Å²) in [6.07, 6.45) is 2.43. The van der Waals surface area contributed by atoms with Crippen molar-refractivity contribution in [1.29, 1.82) is 0 Å². The van der Waals surface area contributed by atoms with Crippen LogP contribution in [0, 0.1) is 6.92 Å². The number of fused-ring (bicyclic) bond motifs is 1. The van der Waals surface area contributed by atoms with Crippen LogP contribution in [0.15, 0.2) is 28.8 Å². The minimum absolute atomic E-state index is 0.156. The molecule has 0 saturated carbocycles. The van der Waals surface area contributed by atoms with Crippen LogP contribution in [-0.4, -0.2) is 27.6 Å². The Kier molecular flexibility index (Phi) is 4.17. The highest BCUT2D eigenvalue weighted by molar-refractivity contribution is 7.11. The number of thiazole rings is 1. The SMILES string of the molecule is Cc1sc(CCNCc2cc3ncccc3o2)nc1C(=O)O. The summed E-state index contributed by atoms with van der Waals surface area (Å²) < 4.78 is 5.66. The molecule has 0 amide bonds. The zero-order chi connectivity index (χ0) is 15.5. The number of furan rings is 1. The number of aryl methyl sites for hydroxylation is 1. The Balaban J connectivity index is 1.53. The molecule has 6 nitrogen and oxygen atoms in total. The van der Waals surface area contributed by atoms with Crippen molar-refractivity contribution in [3.63, 3.8) is 0 Å². The van der Waals surface area contributed by atoms with Gasteiger partial charge in [-0.3, -0.25) is 4.98 Å². The van der Waals surface area contributed by atoms with Gasteiger partial charge < -0.3 is 14.8 Å². The van der Waals surface area contributed by atoms with E-state index in [2.05, 4.69) is 15.3 Å². The van der Waals surface area contributed by atoms with Gasteiger partial charge in [-0.25, -0.2) is 9.78 Å². The smallest absolute Gasteiger partial charge is 0.355 e. The maximum absolute atomic E-state index is 10.9. The molecule has 0 aliphatic rings. The van der Waals surface area contributed by atoms with Crippen molar-refractivity contribution in [2.24, 2.45) is 0 Å². The van der Waals surface area contributed by atoms with Gasteiger partial charge in [-0.1, -0.05) is 0 Å². The number of hydrogen-bond acceptors (Lipinski definition) is 6. The van der Waals surface area contributed by atoms with E-state index in [1.165, 1.54) is 11.3 Å². The third-order valence-electron chi connectivity index (χ3n) is 3.20. The van der Waals surface area contributed by atoms with E-state index < -0.39 is 5.97 Å². The van der Waals surface area contributed by atoms with Crippen molar-refractivity contribution < 1.29 is 14.3 Å². The molecule has 0 saturated heterocycles. The first-order valence-corrected chi connectivity index (χ1v) is 7.69. The molecule has 7 heteroatoms. The molecule has 0 radical (unpaired) electrons. The predicted molar refractivity (Wildman–Crippen MR) is 83.2 cm³/mol. The molecule has 3 aromatic rings. The summed E-state index contributed by atoms with van der Waals surface area (Å²) in [6.45, 7) is 3.09. The van der Waals surface area contributed by atoms with E-state index in [0.717, 1.165) is 26.7 Å². The van der Waals surface area contributed by atoms with Crippen LogP contribution in [0.4, 0.5) is 0 Å². The average Bonchev–Trinajstić information content (AvgIpc) is 3.06. The van der Waals surface area contributed by atoms with Gasteiger partial charge in [0.05, 0.1) is 11.6 Å². The molecule has 3 heterocycles. The van der Waals surface area contributed by atoms with E-state index in [9.17, 15) is 4.79 Å². The summed E-state index contributed by atoms with van der Waals surface area (Å²) in [7, 11) is 0. The lowest BCUT2D eigenvalue weighted by Gasteiger charge is -2.00. The summed E-state index contributed by atoms with van der Waals surface area (Å²) in [5.41, 5.74) is 1.78. The lowest BCUT2D eigenvalue weighted by atomic mass is 10.3. The molecule has 0 aromatic carbocycles. The van der Waals surface area contributed by atoms with E-state index in [1.807, 2.05) is 18.2 Å². The van der Waals surface area contributed by atoms with Crippen LogP contribution < -0.4 is 5.32 Å². The summed E-state index contributed by atoms with van der Waals surface area (Å²) in [5.74, 6) is -0.141. The zero-order valence-electron chi connectivity index (χ0n) is 12.0. The third-order valence-corrected chi connectivity index (χ3v) is 4.23. The fourth-order valence-electron chi connectivity index (χ4n) is 2.17. The molecule has 0 aliphatic heterocycles. The summed E-state index contributed by atoms with van der Waals surface area (Å²) in [5, 5.41) is 13.1. The Labute approximate surface area is 130 Å². The fraction of sp³-hybridized carbons (Fsp3) is 0.267. The second-order valence-corrected chi connectivity index (χ2v) is 6.13. The zero-order valence-corrected chi connectivity index (χ0v) is 12.8. The highest BCUT2D eigenvalue weighted by atomic mass is 32.1. The summed E-state index contributed by atoms with van der Waals surface area (Å²) in [4.78, 5) is 20.0. The van der Waals surface area contributed by atoms with E-state index in [0.29, 0.717) is 19.5 Å². The van der Waals surface area contributed by atoms with Crippen molar-refractivity contribution in [3.8, 4) is 0 Å². The van der Waals surface area contributed by atoms with Crippen LogP contribution in [0.2, 0.25) is 0 Å². The lowest BCUT2D eigenvalue weighted by molar-refractivity contribution is 0.0690. The maximum Gasteiger partial charge on any atom is 0.355 e. The van der Waals surface area contributed by atoms with Crippen LogP contribution in [0.5, 0.6) is 0 Å². The maximum atomic E-state index is 10.9. The number of aromatic nitrogens is 2. The molecular formula is C15H15N3O3S. The number of rotatable bonds is 6. The lowest BCUT2D eigenvalue weighted by Crippen LogP contribution is -2.16. The van der Waals surface area contributed by atoms with Crippen molar-refractivity contribution in [2.45, 2.75) is 19.9 Å². The van der Waals surface area contributed by atoms with Crippen LogP contribution in [0.3, 0.4) is 0 Å².